The van der Waals surface area contributed by atoms with Crippen LogP contribution in [0.2, 0.25) is 0 Å². The Labute approximate surface area is 458 Å². The summed E-state index contributed by atoms with van der Waals surface area (Å²) in [5.74, 6) is -1.22. The van der Waals surface area contributed by atoms with Crippen molar-refractivity contribution in [2.45, 2.75) is 307 Å². The van der Waals surface area contributed by atoms with Gasteiger partial charge in [0.15, 0.2) is 12.4 Å². The molecule has 0 radical (unpaired) electrons. The predicted octanol–water partition coefficient (Wildman–Crippen LogP) is 14.4. The van der Waals surface area contributed by atoms with Gasteiger partial charge in [-0.15, -0.1) is 0 Å². The Kier molecular flexibility index (Phi) is 48.5. The lowest BCUT2D eigenvalue weighted by molar-refractivity contribution is -0.305. The summed E-state index contributed by atoms with van der Waals surface area (Å²) >= 11 is 0. The maximum Gasteiger partial charge on any atom is 0.306 e. The Morgan fingerprint density at radius 1 is 0.520 bits per heavy atom. The Morgan fingerprint density at radius 3 is 1.40 bits per heavy atom. The number of carbonyl (C=O) groups excluding carboxylic acids is 2. The molecule has 0 aliphatic carbocycles. The molecule has 1 aliphatic heterocycles. The van der Waals surface area contributed by atoms with Gasteiger partial charge >= 0.3 is 5.97 Å². The van der Waals surface area contributed by atoms with Gasteiger partial charge < -0.3 is 45.1 Å². The van der Waals surface area contributed by atoms with E-state index in [-0.39, 0.29) is 19.4 Å². The third kappa shape index (κ3) is 40.0. The summed E-state index contributed by atoms with van der Waals surface area (Å²) in [6.45, 7) is 5.71. The standard InChI is InChI=1S/C64H113NO10/c1-4-7-10-13-16-19-22-24-26-28-29-30-32-34-37-40-43-46-49-52-59(69)75-62-61(71)60(70)58(53-66)74-64(62)73-54-55(56(67)50-47-44-41-38-35-21-18-15-12-9-6-3)65-63(72)57(68)51-48-45-42-39-36-33-31-27-25-23-20-17-14-11-8-5-2/h16-17,19-20,24-27,29-30,47,50,55-58,60-62,64,66-68,70-71H,4-15,18,21-23,28,31-46,48-49,51-54H2,1-3H3,(H,65,72)/b19-16-,20-17-,26-24-,27-25-,30-29-,50-47+. The number of hydrogen-bond acceptors (Lipinski definition) is 10. The van der Waals surface area contributed by atoms with Gasteiger partial charge in [0.25, 0.3) is 0 Å². The molecule has 1 amide bonds. The van der Waals surface area contributed by atoms with Crippen LogP contribution in [0, 0.1) is 0 Å². The van der Waals surface area contributed by atoms with Crippen LogP contribution < -0.4 is 5.32 Å². The van der Waals surface area contributed by atoms with Gasteiger partial charge in [0.05, 0.1) is 25.4 Å². The average Bonchev–Trinajstić information content (AvgIpc) is 3.41. The maximum atomic E-state index is 13.4. The molecule has 8 atom stereocenters. The van der Waals surface area contributed by atoms with Crippen molar-refractivity contribution in [2.75, 3.05) is 13.2 Å². The molecule has 1 rings (SSSR count). The number of aliphatic hydroxyl groups is 5. The van der Waals surface area contributed by atoms with E-state index in [9.17, 15) is 35.1 Å². The summed E-state index contributed by atoms with van der Waals surface area (Å²) in [6, 6.07) is -1.03. The van der Waals surface area contributed by atoms with Crippen molar-refractivity contribution >= 4 is 11.9 Å². The molecule has 1 heterocycles. The van der Waals surface area contributed by atoms with Crippen molar-refractivity contribution in [3.8, 4) is 0 Å². The smallest absolute Gasteiger partial charge is 0.306 e. The Balaban J connectivity index is 2.69. The van der Waals surface area contributed by atoms with Gasteiger partial charge in [-0.1, -0.05) is 229 Å². The van der Waals surface area contributed by atoms with E-state index in [4.69, 9.17) is 14.2 Å². The summed E-state index contributed by atoms with van der Waals surface area (Å²) in [6.07, 6.45) is 55.0. The molecule has 0 saturated carbocycles. The van der Waals surface area contributed by atoms with Gasteiger partial charge in [0.1, 0.15) is 24.4 Å². The number of amides is 1. The van der Waals surface area contributed by atoms with Crippen molar-refractivity contribution in [3.05, 3.63) is 72.9 Å². The molecule has 1 aliphatic rings. The predicted molar refractivity (Wildman–Crippen MR) is 310 cm³/mol. The minimum atomic E-state index is -1.62. The van der Waals surface area contributed by atoms with E-state index < -0.39 is 67.4 Å². The molecule has 1 saturated heterocycles. The van der Waals surface area contributed by atoms with Crippen LogP contribution in [-0.2, 0) is 23.8 Å². The molecule has 0 aromatic rings. The minimum Gasteiger partial charge on any atom is -0.454 e. The second-order valence-electron chi connectivity index (χ2n) is 21.1. The van der Waals surface area contributed by atoms with Crippen LogP contribution in [0.1, 0.15) is 258 Å². The van der Waals surface area contributed by atoms with Crippen LogP contribution in [0.5, 0.6) is 0 Å². The zero-order chi connectivity index (χ0) is 54.7. The zero-order valence-electron chi connectivity index (χ0n) is 47.9. The Hall–Kier alpha value is -2.90. The number of rotatable bonds is 51. The molecule has 8 unspecified atom stereocenters. The fourth-order valence-electron chi connectivity index (χ4n) is 9.16. The van der Waals surface area contributed by atoms with Crippen molar-refractivity contribution in [1.82, 2.24) is 5.32 Å². The molecule has 75 heavy (non-hydrogen) atoms. The van der Waals surface area contributed by atoms with Crippen LogP contribution in [0.15, 0.2) is 72.9 Å². The van der Waals surface area contributed by atoms with E-state index in [1.165, 1.54) is 96.3 Å². The monoisotopic (exact) mass is 1060 g/mol. The minimum absolute atomic E-state index is 0.106. The topological polar surface area (TPSA) is 175 Å². The lowest BCUT2D eigenvalue weighted by Crippen LogP contribution is -2.61. The van der Waals surface area contributed by atoms with E-state index in [2.05, 4.69) is 86.8 Å². The number of allylic oxidation sites excluding steroid dienone is 11. The van der Waals surface area contributed by atoms with E-state index in [1.807, 2.05) is 6.08 Å². The highest BCUT2D eigenvalue weighted by Gasteiger charge is 2.47. The molecule has 11 nitrogen and oxygen atoms in total. The number of carbonyl (C=O) groups is 2. The second kappa shape index (κ2) is 51.8. The van der Waals surface area contributed by atoms with Gasteiger partial charge in [0.2, 0.25) is 5.91 Å². The maximum absolute atomic E-state index is 13.4. The van der Waals surface area contributed by atoms with Crippen LogP contribution in [0.25, 0.3) is 0 Å². The second-order valence-corrected chi connectivity index (χ2v) is 21.1. The van der Waals surface area contributed by atoms with E-state index >= 15 is 0 Å². The van der Waals surface area contributed by atoms with Crippen LogP contribution in [0.4, 0.5) is 0 Å². The Morgan fingerprint density at radius 2 is 0.920 bits per heavy atom. The molecular weight excluding hydrogens is 943 g/mol. The van der Waals surface area contributed by atoms with Crippen LogP contribution in [-0.4, -0.2) is 99.6 Å². The first-order valence-corrected chi connectivity index (χ1v) is 30.7. The van der Waals surface area contributed by atoms with Gasteiger partial charge in [0, 0.05) is 6.42 Å². The molecule has 0 spiro atoms. The quantitative estimate of drug-likeness (QED) is 0.0195. The lowest BCUT2D eigenvalue weighted by atomic mass is 9.99. The first-order chi connectivity index (χ1) is 36.7. The molecule has 434 valence electrons. The number of unbranched alkanes of at least 4 members (excludes halogenated alkanes) is 27. The van der Waals surface area contributed by atoms with Crippen molar-refractivity contribution in [3.63, 3.8) is 0 Å². The molecule has 6 N–H and O–H groups in total. The number of aliphatic hydroxyl groups excluding tert-OH is 5. The van der Waals surface area contributed by atoms with E-state index in [1.54, 1.807) is 6.08 Å². The highest BCUT2D eigenvalue weighted by molar-refractivity contribution is 5.80. The van der Waals surface area contributed by atoms with Gasteiger partial charge in [-0.3, -0.25) is 9.59 Å². The fourth-order valence-corrected chi connectivity index (χ4v) is 9.16. The van der Waals surface area contributed by atoms with Gasteiger partial charge in [-0.2, -0.15) is 0 Å². The summed E-state index contributed by atoms with van der Waals surface area (Å²) in [5.41, 5.74) is 0. The highest BCUT2D eigenvalue weighted by atomic mass is 16.7. The fraction of sp³-hybridized carbons (Fsp3) is 0.781. The molecule has 0 aromatic heterocycles. The largest absolute Gasteiger partial charge is 0.454 e. The highest BCUT2D eigenvalue weighted by Crippen LogP contribution is 2.26. The summed E-state index contributed by atoms with van der Waals surface area (Å²) < 4.78 is 17.6. The van der Waals surface area contributed by atoms with Gasteiger partial charge in [-0.05, 0) is 96.3 Å². The van der Waals surface area contributed by atoms with Crippen molar-refractivity contribution in [1.29, 1.82) is 0 Å². The summed E-state index contributed by atoms with van der Waals surface area (Å²) in [5, 5.41) is 56.9. The molecule has 0 bridgehead atoms. The molecular formula is C64H113NO10. The average molecular weight is 1060 g/mol. The van der Waals surface area contributed by atoms with Crippen molar-refractivity contribution < 1.29 is 49.3 Å². The number of ether oxygens (including phenoxy) is 3. The third-order valence-electron chi connectivity index (χ3n) is 14.1. The summed E-state index contributed by atoms with van der Waals surface area (Å²) in [7, 11) is 0. The van der Waals surface area contributed by atoms with Crippen molar-refractivity contribution in [2.24, 2.45) is 0 Å². The number of hydrogen-bond donors (Lipinski definition) is 6. The number of nitrogens with one attached hydrogen (secondary N) is 1. The zero-order valence-corrected chi connectivity index (χ0v) is 47.9. The number of esters is 1. The lowest BCUT2D eigenvalue weighted by Gasteiger charge is -2.41. The SMILES string of the molecule is CCCCC/C=C\C/C=C\C/C=C\CCCCCCCCC(=O)OC1C(OCC(NC(=O)C(O)CCCCCCCC/C=C\C/C=C\CCCCC)C(O)/C=C/CCCCCCCCCCC)OC(CO)C(O)C1O. The normalized spacial score (nSPS) is 19.7. The molecule has 11 heteroatoms. The first-order valence-electron chi connectivity index (χ1n) is 30.7. The van der Waals surface area contributed by atoms with E-state index in [0.29, 0.717) is 12.8 Å². The van der Waals surface area contributed by atoms with Crippen LogP contribution >= 0.6 is 0 Å². The van der Waals surface area contributed by atoms with Crippen LogP contribution in [0.3, 0.4) is 0 Å². The first kappa shape index (κ1) is 70.1. The summed E-state index contributed by atoms with van der Waals surface area (Å²) in [4.78, 5) is 26.5. The van der Waals surface area contributed by atoms with Gasteiger partial charge in [-0.25, -0.2) is 0 Å². The molecule has 1 fully saturated rings. The third-order valence-corrected chi connectivity index (χ3v) is 14.1. The molecule has 0 aromatic carbocycles. The van der Waals surface area contributed by atoms with E-state index in [0.717, 1.165) is 116 Å². The Bertz CT molecular complexity index is 1490.